The van der Waals surface area contributed by atoms with E-state index >= 15 is 0 Å². The Balaban J connectivity index is 2.87. The maximum absolute atomic E-state index is 12.5. The minimum absolute atomic E-state index is 0.106. The Kier molecular flexibility index (Phi) is 4.90. The third kappa shape index (κ3) is 3.84. The zero-order valence-electron chi connectivity index (χ0n) is 10.1. The summed E-state index contributed by atoms with van der Waals surface area (Å²) in [6, 6.07) is 4.53. The van der Waals surface area contributed by atoms with Crippen molar-refractivity contribution in [3.8, 4) is 0 Å². The molecule has 0 amide bonds. The van der Waals surface area contributed by atoms with Crippen LogP contribution in [0.1, 0.15) is 35.7 Å². The summed E-state index contributed by atoms with van der Waals surface area (Å²) in [4.78, 5) is 11.9. The van der Waals surface area contributed by atoms with E-state index in [9.17, 15) is 18.0 Å². The molecule has 1 aromatic rings. The Morgan fingerprint density at radius 3 is 2.61 bits per heavy atom. The number of carbonyl (C=O) groups is 1. The molecule has 2 N–H and O–H groups in total. The first-order chi connectivity index (χ1) is 8.36. The van der Waals surface area contributed by atoms with Gasteiger partial charge >= 0.3 is 6.18 Å². The molecule has 0 saturated heterocycles. The van der Waals surface area contributed by atoms with E-state index in [0.717, 1.165) is 12.1 Å². The highest BCUT2D eigenvalue weighted by molar-refractivity contribution is 5.97. The van der Waals surface area contributed by atoms with Crippen LogP contribution in [-0.4, -0.2) is 12.3 Å². The minimum Gasteiger partial charge on any atom is -0.330 e. The molecule has 0 aliphatic carbocycles. The molecule has 0 fully saturated rings. The zero-order chi connectivity index (χ0) is 13.8. The van der Waals surface area contributed by atoms with Gasteiger partial charge in [0.1, 0.15) is 0 Å². The monoisotopic (exact) mass is 259 g/mol. The largest absolute Gasteiger partial charge is 0.416 e. The fourth-order valence-electron chi connectivity index (χ4n) is 1.69. The van der Waals surface area contributed by atoms with E-state index in [1.807, 2.05) is 0 Å². The second-order valence-electron chi connectivity index (χ2n) is 4.27. The minimum atomic E-state index is -4.42. The number of alkyl halides is 3. The van der Waals surface area contributed by atoms with Crippen LogP contribution in [0.3, 0.4) is 0 Å². The lowest BCUT2D eigenvalue weighted by atomic mass is 9.94. The third-order valence-corrected chi connectivity index (χ3v) is 2.76. The van der Waals surface area contributed by atoms with Gasteiger partial charge in [-0.05, 0) is 31.5 Å². The van der Waals surface area contributed by atoms with Gasteiger partial charge in [0.25, 0.3) is 0 Å². The number of rotatable bonds is 5. The second kappa shape index (κ2) is 6.00. The summed E-state index contributed by atoms with van der Waals surface area (Å²) in [5.74, 6) is -0.577. The molecular weight excluding hydrogens is 243 g/mol. The number of carbonyl (C=O) groups excluding carboxylic acids is 1. The molecule has 1 rings (SSSR count). The summed E-state index contributed by atoms with van der Waals surface area (Å²) in [5, 5.41) is 0. The summed E-state index contributed by atoms with van der Waals surface area (Å²) in [6.45, 7) is 2.18. The molecule has 18 heavy (non-hydrogen) atoms. The lowest BCUT2D eigenvalue weighted by Gasteiger charge is -2.12. The van der Waals surface area contributed by atoms with E-state index in [2.05, 4.69) is 0 Å². The van der Waals surface area contributed by atoms with Crippen molar-refractivity contribution in [2.24, 2.45) is 11.7 Å². The number of ketones is 1. The lowest BCUT2D eigenvalue weighted by Crippen LogP contribution is -2.14. The number of nitrogens with two attached hydrogens (primary N) is 1. The van der Waals surface area contributed by atoms with E-state index in [-0.39, 0.29) is 17.3 Å². The van der Waals surface area contributed by atoms with E-state index in [1.165, 1.54) is 12.1 Å². The summed E-state index contributed by atoms with van der Waals surface area (Å²) in [6.07, 6.45) is -3.14. The van der Waals surface area contributed by atoms with Gasteiger partial charge in [-0.2, -0.15) is 13.2 Å². The van der Waals surface area contributed by atoms with Crippen molar-refractivity contribution in [1.82, 2.24) is 0 Å². The highest BCUT2D eigenvalue weighted by Crippen LogP contribution is 2.30. The maximum atomic E-state index is 12.5. The summed E-state index contributed by atoms with van der Waals surface area (Å²) < 4.78 is 37.5. The van der Waals surface area contributed by atoms with Gasteiger partial charge in [-0.1, -0.05) is 19.1 Å². The van der Waals surface area contributed by atoms with Crippen molar-refractivity contribution in [1.29, 1.82) is 0 Å². The summed E-state index contributed by atoms with van der Waals surface area (Å²) in [5.41, 5.74) is 4.65. The van der Waals surface area contributed by atoms with Crippen molar-refractivity contribution < 1.29 is 18.0 Å². The third-order valence-electron chi connectivity index (χ3n) is 2.76. The lowest BCUT2D eigenvalue weighted by molar-refractivity contribution is -0.137. The Morgan fingerprint density at radius 1 is 1.39 bits per heavy atom. The average molecular weight is 259 g/mol. The molecule has 0 bridgehead atoms. The van der Waals surface area contributed by atoms with Gasteiger partial charge in [0.05, 0.1) is 5.56 Å². The van der Waals surface area contributed by atoms with Crippen LogP contribution in [0.15, 0.2) is 24.3 Å². The number of halogens is 3. The Labute approximate surface area is 104 Å². The van der Waals surface area contributed by atoms with Gasteiger partial charge in [-0.3, -0.25) is 4.79 Å². The van der Waals surface area contributed by atoms with Crippen molar-refractivity contribution in [3.05, 3.63) is 35.4 Å². The molecule has 0 saturated carbocycles. The van der Waals surface area contributed by atoms with Gasteiger partial charge in [0.2, 0.25) is 0 Å². The molecule has 1 atom stereocenters. The average Bonchev–Trinajstić information content (AvgIpc) is 2.34. The number of benzene rings is 1. The van der Waals surface area contributed by atoms with Crippen LogP contribution >= 0.6 is 0 Å². The predicted octanol–water partition coefficient (Wildman–Crippen LogP) is 3.26. The first kappa shape index (κ1) is 14.7. The van der Waals surface area contributed by atoms with Crippen molar-refractivity contribution in [3.63, 3.8) is 0 Å². The molecule has 5 heteroatoms. The van der Waals surface area contributed by atoms with Gasteiger partial charge < -0.3 is 5.73 Å². The molecule has 2 nitrogen and oxygen atoms in total. The van der Waals surface area contributed by atoms with Crippen molar-refractivity contribution in [2.75, 3.05) is 6.54 Å². The van der Waals surface area contributed by atoms with Crippen LogP contribution in [0.5, 0.6) is 0 Å². The predicted molar refractivity (Wildman–Crippen MR) is 63.2 cm³/mol. The van der Waals surface area contributed by atoms with Crippen LogP contribution < -0.4 is 5.73 Å². The first-order valence-electron chi connectivity index (χ1n) is 5.77. The molecule has 0 radical (unpaired) electrons. The van der Waals surface area contributed by atoms with Gasteiger partial charge in [0, 0.05) is 11.5 Å². The molecular formula is C13H16F3NO. The van der Waals surface area contributed by atoms with Crippen LogP contribution in [0.4, 0.5) is 13.2 Å². The van der Waals surface area contributed by atoms with Crippen LogP contribution in [0.2, 0.25) is 0 Å². The first-order valence-corrected chi connectivity index (χ1v) is 5.77. The van der Waals surface area contributed by atoms with E-state index in [0.29, 0.717) is 19.4 Å². The summed E-state index contributed by atoms with van der Waals surface area (Å²) >= 11 is 0. The number of hydrogen-bond donors (Lipinski definition) is 1. The summed E-state index contributed by atoms with van der Waals surface area (Å²) in [7, 11) is 0. The SMILES string of the molecule is CC(CCCN)C(=O)c1cccc(C(F)(F)F)c1. The molecule has 0 aliphatic rings. The van der Waals surface area contributed by atoms with Crippen LogP contribution in [-0.2, 0) is 6.18 Å². The van der Waals surface area contributed by atoms with E-state index in [4.69, 9.17) is 5.73 Å². The fourth-order valence-corrected chi connectivity index (χ4v) is 1.69. The highest BCUT2D eigenvalue weighted by atomic mass is 19.4. The number of Topliss-reactive ketones (excluding diaryl/α,β-unsaturated/α-hetero) is 1. The second-order valence-corrected chi connectivity index (χ2v) is 4.27. The normalized spacial score (nSPS) is 13.4. The molecule has 0 heterocycles. The standard InChI is InChI=1S/C13H16F3NO/c1-9(4-3-7-17)12(18)10-5-2-6-11(8-10)13(14,15)16/h2,5-6,8-9H,3-4,7,17H2,1H3. The molecule has 0 aromatic heterocycles. The smallest absolute Gasteiger partial charge is 0.330 e. The molecule has 1 aromatic carbocycles. The fraction of sp³-hybridized carbons (Fsp3) is 0.462. The molecule has 0 aliphatic heterocycles. The number of hydrogen-bond acceptors (Lipinski definition) is 2. The molecule has 100 valence electrons. The zero-order valence-corrected chi connectivity index (χ0v) is 10.1. The van der Waals surface area contributed by atoms with Crippen molar-refractivity contribution in [2.45, 2.75) is 25.9 Å². The van der Waals surface area contributed by atoms with Gasteiger partial charge in [-0.25, -0.2) is 0 Å². The van der Waals surface area contributed by atoms with Gasteiger partial charge in [-0.15, -0.1) is 0 Å². The molecule has 0 spiro atoms. The van der Waals surface area contributed by atoms with Crippen LogP contribution in [0.25, 0.3) is 0 Å². The van der Waals surface area contributed by atoms with E-state index in [1.54, 1.807) is 6.92 Å². The molecule has 1 unspecified atom stereocenters. The van der Waals surface area contributed by atoms with Crippen molar-refractivity contribution >= 4 is 5.78 Å². The van der Waals surface area contributed by atoms with Gasteiger partial charge in [0.15, 0.2) is 5.78 Å². The highest BCUT2D eigenvalue weighted by Gasteiger charge is 2.31. The van der Waals surface area contributed by atoms with Crippen LogP contribution in [0, 0.1) is 5.92 Å². The topological polar surface area (TPSA) is 43.1 Å². The Bertz CT molecular complexity index is 415. The Morgan fingerprint density at radius 2 is 2.06 bits per heavy atom. The Hall–Kier alpha value is -1.36. The van der Waals surface area contributed by atoms with E-state index < -0.39 is 11.7 Å². The quantitative estimate of drug-likeness (QED) is 0.825. The maximum Gasteiger partial charge on any atom is 0.416 e.